The molecule has 2 heterocycles. The number of para-hydroxylation sites is 2. The molecule has 0 aliphatic carbocycles. The van der Waals surface area contributed by atoms with Gasteiger partial charge < -0.3 is 18.6 Å². The zero-order valence-corrected chi connectivity index (χ0v) is 38.3. The molecule has 0 aliphatic heterocycles. The van der Waals surface area contributed by atoms with Gasteiger partial charge in [0.1, 0.15) is 22.3 Å². The van der Waals surface area contributed by atoms with Gasteiger partial charge in [-0.3, -0.25) is 0 Å². The zero-order valence-electron chi connectivity index (χ0n) is 36.5. The molecule has 0 bridgehead atoms. The highest BCUT2D eigenvalue weighted by Crippen LogP contribution is 2.45. The summed E-state index contributed by atoms with van der Waals surface area (Å²) in [6.45, 7) is 0. The third-order valence-corrected chi connectivity index (χ3v) is 13.9. The zero-order chi connectivity index (χ0) is 45.3. The largest absolute Gasteiger partial charge is 0.456 e. The Morgan fingerprint density at radius 2 is 0.706 bits per heavy atom. The average molecular weight is 909 g/mol. The second-order valence-corrected chi connectivity index (χ2v) is 18.2. The van der Waals surface area contributed by atoms with E-state index in [0.717, 1.165) is 132 Å². The molecule has 13 aromatic rings. The second kappa shape index (κ2) is 16.3. The van der Waals surface area contributed by atoms with Gasteiger partial charge in [-0.05, 0) is 159 Å². The lowest BCUT2D eigenvalue weighted by molar-refractivity contribution is 0.663. The summed E-state index contributed by atoms with van der Waals surface area (Å²) in [5.41, 5.74) is 14.1. The lowest BCUT2D eigenvalue weighted by Gasteiger charge is -2.26. The van der Waals surface area contributed by atoms with Crippen LogP contribution in [0.2, 0.25) is 0 Å². The van der Waals surface area contributed by atoms with Gasteiger partial charge in [0.05, 0.1) is 0 Å². The van der Waals surface area contributed by atoms with Gasteiger partial charge in [0.25, 0.3) is 0 Å². The van der Waals surface area contributed by atoms with Crippen molar-refractivity contribution >= 4 is 125 Å². The Hall–Kier alpha value is -8.16. The third kappa shape index (κ3) is 6.88. The molecule has 0 spiro atoms. The van der Waals surface area contributed by atoms with Crippen LogP contribution in [0.4, 0.5) is 34.1 Å². The number of anilines is 6. The maximum Gasteiger partial charge on any atom is 0.136 e. The van der Waals surface area contributed by atoms with E-state index in [2.05, 4.69) is 204 Å². The highest BCUT2D eigenvalue weighted by Gasteiger charge is 2.21. The number of hydrogen-bond donors (Lipinski definition) is 2. The molecule has 322 valence electrons. The van der Waals surface area contributed by atoms with Gasteiger partial charge >= 0.3 is 0 Å². The first-order valence-corrected chi connectivity index (χ1v) is 23.6. The average Bonchev–Trinajstić information content (AvgIpc) is 3.93. The van der Waals surface area contributed by atoms with E-state index in [9.17, 15) is 0 Å². The summed E-state index contributed by atoms with van der Waals surface area (Å²) < 4.78 is 13.4. The normalized spacial score (nSPS) is 11.7. The molecule has 6 heteroatoms. The first-order valence-electron chi connectivity index (χ1n) is 22.7. The van der Waals surface area contributed by atoms with E-state index < -0.39 is 0 Å². The summed E-state index contributed by atoms with van der Waals surface area (Å²) in [7, 11) is 0. The summed E-state index contributed by atoms with van der Waals surface area (Å²) in [5.74, 6) is 0. The van der Waals surface area contributed by atoms with Gasteiger partial charge in [-0.25, -0.2) is 0 Å². The van der Waals surface area contributed by atoms with Crippen molar-refractivity contribution in [1.29, 1.82) is 0 Å². The van der Waals surface area contributed by atoms with E-state index in [1.54, 1.807) is 0 Å². The fraction of sp³-hybridized carbons (Fsp3) is 0. The minimum atomic E-state index is 0.828. The Kier molecular flexibility index (Phi) is 9.63. The number of thiol groups is 2. The molecule has 4 nitrogen and oxygen atoms in total. The molecule has 0 aliphatic rings. The van der Waals surface area contributed by atoms with Crippen LogP contribution >= 0.6 is 25.3 Å². The SMILES string of the molecule is Sc1ccccc1-c1ccc(N(c2ccccc2)c2ccc3cc4c(cc3c2)oc2ccc3oc5cc6cc(N(c7ccccc7)c7ccc(-c8ccccc8)c(S)c7)ccc6cc5c3c24)cc1. The Morgan fingerprint density at radius 3 is 1.25 bits per heavy atom. The van der Waals surface area contributed by atoms with Crippen molar-refractivity contribution in [3.63, 3.8) is 0 Å². The van der Waals surface area contributed by atoms with Gasteiger partial charge in [0.2, 0.25) is 0 Å². The molecule has 2 aromatic heterocycles. The van der Waals surface area contributed by atoms with Crippen LogP contribution in [0.5, 0.6) is 0 Å². The van der Waals surface area contributed by atoms with Crippen molar-refractivity contribution in [3.8, 4) is 22.3 Å². The topological polar surface area (TPSA) is 32.8 Å². The van der Waals surface area contributed by atoms with Crippen molar-refractivity contribution in [3.05, 3.63) is 231 Å². The molecule has 0 saturated heterocycles. The summed E-state index contributed by atoms with van der Waals surface area (Å²) in [5, 5.41) is 8.66. The number of benzene rings is 11. The van der Waals surface area contributed by atoms with Crippen LogP contribution in [0.3, 0.4) is 0 Å². The molecular weight excluding hydrogens is 869 g/mol. The molecular formula is C62H40N2O2S2. The van der Waals surface area contributed by atoms with Crippen LogP contribution in [0.1, 0.15) is 0 Å². The lowest BCUT2D eigenvalue weighted by Crippen LogP contribution is -2.10. The fourth-order valence-corrected chi connectivity index (χ4v) is 10.6. The minimum Gasteiger partial charge on any atom is -0.456 e. The molecule has 13 rings (SSSR count). The third-order valence-electron chi connectivity index (χ3n) is 13.2. The minimum absolute atomic E-state index is 0.828. The maximum absolute atomic E-state index is 6.70. The van der Waals surface area contributed by atoms with E-state index in [4.69, 9.17) is 34.1 Å². The molecule has 0 saturated carbocycles. The van der Waals surface area contributed by atoms with Gasteiger partial charge in [-0.15, -0.1) is 25.3 Å². The Bertz CT molecular complexity index is 4050. The molecule has 0 fully saturated rings. The van der Waals surface area contributed by atoms with E-state index >= 15 is 0 Å². The molecule has 0 unspecified atom stereocenters. The van der Waals surface area contributed by atoms with Crippen LogP contribution < -0.4 is 9.80 Å². The summed E-state index contributed by atoms with van der Waals surface area (Å²) in [6, 6.07) is 81.1. The van der Waals surface area contributed by atoms with Crippen molar-refractivity contribution in [2.45, 2.75) is 9.79 Å². The standard InChI is InChI=1S/C62H40N2O2S2/c67-59-19-11-10-18-51(59)40-20-24-47(25-21-40)63(45-14-6-2-7-15-45)48-26-22-41-34-53-57(36-43(41)32-48)65-55-30-31-56-62(61(53)55)54-35-42-23-27-49(33-44(42)37-58(54)66-56)64(46-16-8-3-9-17-46)50-28-29-52(60(68)38-50)39-12-4-1-5-13-39/h1-38,67-68H. The van der Waals surface area contributed by atoms with Crippen LogP contribution in [-0.2, 0) is 0 Å². The van der Waals surface area contributed by atoms with Gasteiger partial charge in [0.15, 0.2) is 0 Å². The monoisotopic (exact) mass is 908 g/mol. The van der Waals surface area contributed by atoms with Crippen LogP contribution in [0.25, 0.3) is 87.7 Å². The fourth-order valence-electron chi connectivity index (χ4n) is 9.95. The van der Waals surface area contributed by atoms with Crippen LogP contribution in [0, 0.1) is 0 Å². The Balaban J connectivity index is 0.895. The van der Waals surface area contributed by atoms with Crippen molar-refractivity contribution < 1.29 is 8.83 Å². The molecule has 11 aromatic carbocycles. The number of nitrogens with zero attached hydrogens (tertiary/aromatic N) is 2. The molecule has 0 radical (unpaired) electrons. The van der Waals surface area contributed by atoms with E-state index in [1.807, 2.05) is 36.4 Å². The molecule has 0 N–H and O–H groups in total. The number of hydrogen-bond acceptors (Lipinski definition) is 6. The summed E-state index contributed by atoms with van der Waals surface area (Å²) >= 11 is 9.71. The predicted molar refractivity (Wildman–Crippen MR) is 291 cm³/mol. The van der Waals surface area contributed by atoms with Crippen molar-refractivity contribution in [2.24, 2.45) is 0 Å². The quantitative estimate of drug-likeness (QED) is 0.149. The van der Waals surface area contributed by atoms with E-state index in [-0.39, 0.29) is 0 Å². The highest BCUT2D eigenvalue weighted by molar-refractivity contribution is 7.80. The maximum atomic E-state index is 6.70. The number of furan rings is 2. The van der Waals surface area contributed by atoms with E-state index in [0.29, 0.717) is 0 Å². The van der Waals surface area contributed by atoms with Gasteiger partial charge in [-0.1, -0.05) is 115 Å². The first kappa shape index (κ1) is 40.1. The molecule has 68 heavy (non-hydrogen) atoms. The molecule has 0 atom stereocenters. The van der Waals surface area contributed by atoms with Gasteiger partial charge in [-0.2, -0.15) is 0 Å². The van der Waals surface area contributed by atoms with Crippen molar-refractivity contribution in [1.82, 2.24) is 0 Å². The van der Waals surface area contributed by atoms with Gasteiger partial charge in [0, 0.05) is 65.5 Å². The molecule has 0 amide bonds. The Labute approximate surface area is 403 Å². The van der Waals surface area contributed by atoms with Crippen molar-refractivity contribution in [2.75, 3.05) is 9.80 Å². The number of fused-ring (bicyclic) bond motifs is 9. The Morgan fingerprint density at radius 1 is 0.279 bits per heavy atom. The summed E-state index contributed by atoms with van der Waals surface area (Å²) in [4.78, 5) is 6.45. The smallest absolute Gasteiger partial charge is 0.136 e. The van der Waals surface area contributed by atoms with E-state index in [1.165, 1.54) is 0 Å². The predicted octanol–water partition coefficient (Wildman–Crippen LogP) is 18.6. The first-order chi connectivity index (χ1) is 33.5. The lowest BCUT2D eigenvalue weighted by atomic mass is 10.00. The number of rotatable bonds is 8. The summed E-state index contributed by atoms with van der Waals surface area (Å²) in [6.07, 6.45) is 0. The van der Waals surface area contributed by atoms with Crippen LogP contribution in [0.15, 0.2) is 249 Å². The highest BCUT2D eigenvalue weighted by atomic mass is 32.1. The van der Waals surface area contributed by atoms with Crippen LogP contribution in [-0.4, -0.2) is 0 Å². The second-order valence-electron chi connectivity index (χ2n) is 17.2.